The normalized spacial score (nSPS) is 13.9. The summed E-state index contributed by atoms with van der Waals surface area (Å²) in [5, 5.41) is 5.85. The summed E-state index contributed by atoms with van der Waals surface area (Å²) in [6, 6.07) is 13.0. The van der Waals surface area contributed by atoms with Crippen LogP contribution in [-0.2, 0) is 16.1 Å². The molecule has 2 aromatic carbocycles. The van der Waals surface area contributed by atoms with Crippen molar-refractivity contribution in [2.75, 3.05) is 19.5 Å². The quantitative estimate of drug-likeness (QED) is 0.643. The van der Waals surface area contributed by atoms with Gasteiger partial charge in [0.25, 0.3) is 0 Å². The van der Waals surface area contributed by atoms with Crippen LogP contribution in [0.4, 0.5) is 5.69 Å². The molecule has 2 aromatic rings. The van der Waals surface area contributed by atoms with Crippen LogP contribution in [0.1, 0.15) is 36.8 Å². The topological polar surface area (TPSA) is 76.7 Å². The maximum atomic E-state index is 12.3. The molecule has 0 aliphatic heterocycles. The van der Waals surface area contributed by atoms with E-state index in [-0.39, 0.29) is 17.7 Å². The molecular weight excluding hydrogens is 380 g/mol. The van der Waals surface area contributed by atoms with Gasteiger partial charge in [0, 0.05) is 35.9 Å². The molecule has 0 saturated heterocycles. The SMILES string of the molecule is COc1ccc(/C=C/C(=O)NCc2cccc(NC(=O)C3CCCC3)c2)c(OC)c1. The van der Waals surface area contributed by atoms with Crippen molar-refractivity contribution in [2.24, 2.45) is 5.92 Å². The van der Waals surface area contributed by atoms with Gasteiger partial charge in [-0.05, 0) is 48.7 Å². The largest absolute Gasteiger partial charge is 0.497 e. The Hall–Kier alpha value is -3.28. The molecule has 0 atom stereocenters. The first kappa shape index (κ1) is 21.4. The minimum atomic E-state index is -0.215. The molecular formula is C24H28N2O4. The van der Waals surface area contributed by atoms with Gasteiger partial charge in [0.05, 0.1) is 14.2 Å². The van der Waals surface area contributed by atoms with Gasteiger partial charge >= 0.3 is 0 Å². The molecule has 30 heavy (non-hydrogen) atoms. The summed E-state index contributed by atoms with van der Waals surface area (Å²) in [6.07, 6.45) is 7.35. The Morgan fingerprint density at radius 3 is 2.60 bits per heavy atom. The van der Waals surface area contributed by atoms with Crippen molar-refractivity contribution in [3.63, 3.8) is 0 Å². The first-order valence-electron chi connectivity index (χ1n) is 10.2. The van der Waals surface area contributed by atoms with Gasteiger partial charge in [-0.15, -0.1) is 0 Å². The number of carbonyl (C=O) groups is 2. The van der Waals surface area contributed by atoms with Gasteiger partial charge in [-0.1, -0.05) is 25.0 Å². The average Bonchev–Trinajstić information content (AvgIpc) is 3.31. The zero-order valence-corrected chi connectivity index (χ0v) is 17.4. The van der Waals surface area contributed by atoms with Crippen molar-refractivity contribution in [2.45, 2.75) is 32.2 Å². The minimum absolute atomic E-state index is 0.0880. The molecule has 158 valence electrons. The maximum Gasteiger partial charge on any atom is 0.244 e. The Morgan fingerprint density at radius 1 is 1.07 bits per heavy atom. The lowest BCUT2D eigenvalue weighted by Crippen LogP contribution is -2.21. The van der Waals surface area contributed by atoms with Crippen molar-refractivity contribution in [3.05, 3.63) is 59.7 Å². The predicted octanol–water partition coefficient (Wildman–Crippen LogP) is 4.16. The maximum absolute atomic E-state index is 12.3. The molecule has 2 amide bonds. The Bertz CT molecular complexity index is 917. The lowest BCUT2D eigenvalue weighted by Gasteiger charge is -2.11. The van der Waals surface area contributed by atoms with E-state index in [0.29, 0.717) is 18.0 Å². The molecule has 3 rings (SSSR count). The van der Waals surface area contributed by atoms with Crippen molar-refractivity contribution < 1.29 is 19.1 Å². The lowest BCUT2D eigenvalue weighted by molar-refractivity contribution is -0.119. The number of hydrogen-bond donors (Lipinski definition) is 2. The third-order valence-corrected chi connectivity index (χ3v) is 5.24. The van der Waals surface area contributed by atoms with E-state index >= 15 is 0 Å². The zero-order chi connectivity index (χ0) is 21.3. The van der Waals surface area contributed by atoms with Gasteiger partial charge in [-0.3, -0.25) is 9.59 Å². The van der Waals surface area contributed by atoms with Gasteiger partial charge < -0.3 is 20.1 Å². The summed E-state index contributed by atoms with van der Waals surface area (Å²) in [5.74, 6) is 1.31. The van der Waals surface area contributed by atoms with E-state index in [9.17, 15) is 9.59 Å². The Morgan fingerprint density at radius 2 is 1.87 bits per heavy atom. The minimum Gasteiger partial charge on any atom is -0.497 e. The van der Waals surface area contributed by atoms with Crippen LogP contribution >= 0.6 is 0 Å². The van der Waals surface area contributed by atoms with Gasteiger partial charge in [0.1, 0.15) is 11.5 Å². The van der Waals surface area contributed by atoms with Gasteiger partial charge in [0.2, 0.25) is 11.8 Å². The standard InChI is InChI=1S/C24H28N2O4/c1-29-21-12-10-18(22(15-21)30-2)11-13-23(27)25-16-17-6-5-9-20(14-17)26-24(28)19-7-3-4-8-19/h5-6,9-15,19H,3-4,7-8,16H2,1-2H3,(H,25,27)(H,26,28)/b13-11+. The van der Waals surface area contributed by atoms with Crippen LogP contribution in [-0.4, -0.2) is 26.0 Å². The predicted molar refractivity (Wildman–Crippen MR) is 117 cm³/mol. The zero-order valence-electron chi connectivity index (χ0n) is 17.4. The highest BCUT2D eigenvalue weighted by Crippen LogP contribution is 2.26. The van der Waals surface area contributed by atoms with Gasteiger partial charge in [-0.25, -0.2) is 0 Å². The smallest absolute Gasteiger partial charge is 0.244 e. The average molecular weight is 408 g/mol. The fourth-order valence-electron chi connectivity index (χ4n) is 3.56. The van der Waals surface area contributed by atoms with Gasteiger partial charge in [0.15, 0.2) is 0 Å². The Balaban J connectivity index is 1.54. The van der Waals surface area contributed by atoms with E-state index in [1.807, 2.05) is 36.4 Å². The molecule has 0 spiro atoms. The van der Waals surface area contributed by atoms with E-state index in [2.05, 4.69) is 10.6 Å². The second kappa shape index (κ2) is 10.5. The third kappa shape index (κ3) is 5.86. The first-order chi connectivity index (χ1) is 14.6. The molecule has 0 aromatic heterocycles. The lowest BCUT2D eigenvalue weighted by atomic mass is 10.1. The number of benzene rings is 2. The molecule has 2 N–H and O–H groups in total. The summed E-state index contributed by atoms with van der Waals surface area (Å²) >= 11 is 0. The molecule has 0 heterocycles. The molecule has 6 nitrogen and oxygen atoms in total. The second-order valence-electron chi connectivity index (χ2n) is 7.33. The van der Waals surface area contributed by atoms with Crippen molar-refractivity contribution in [3.8, 4) is 11.5 Å². The number of hydrogen-bond acceptors (Lipinski definition) is 4. The number of carbonyl (C=O) groups excluding carboxylic acids is 2. The van der Waals surface area contributed by atoms with Crippen LogP contribution in [0.3, 0.4) is 0 Å². The van der Waals surface area contributed by atoms with Crippen LogP contribution in [0.2, 0.25) is 0 Å². The van der Waals surface area contributed by atoms with E-state index < -0.39 is 0 Å². The fourth-order valence-corrected chi connectivity index (χ4v) is 3.56. The molecule has 0 unspecified atom stereocenters. The van der Waals surface area contributed by atoms with Crippen LogP contribution < -0.4 is 20.1 Å². The Kier molecular flexibility index (Phi) is 7.49. The van der Waals surface area contributed by atoms with E-state index in [0.717, 1.165) is 42.5 Å². The number of anilines is 1. The first-order valence-corrected chi connectivity index (χ1v) is 10.2. The van der Waals surface area contributed by atoms with E-state index in [1.54, 1.807) is 26.4 Å². The van der Waals surface area contributed by atoms with Gasteiger partial charge in [-0.2, -0.15) is 0 Å². The molecule has 1 saturated carbocycles. The highest BCUT2D eigenvalue weighted by Gasteiger charge is 2.22. The number of amides is 2. The second-order valence-corrected chi connectivity index (χ2v) is 7.33. The fraction of sp³-hybridized carbons (Fsp3) is 0.333. The van der Waals surface area contributed by atoms with E-state index in [1.165, 1.54) is 6.08 Å². The van der Waals surface area contributed by atoms with E-state index in [4.69, 9.17) is 9.47 Å². The van der Waals surface area contributed by atoms with Crippen molar-refractivity contribution in [1.29, 1.82) is 0 Å². The summed E-state index contributed by atoms with van der Waals surface area (Å²) < 4.78 is 10.5. The van der Waals surface area contributed by atoms with Crippen molar-refractivity contribution in [1.82, 2.24) is 5.32 Å². The molecule has 1 aliphatic rings. The summed E-state index contributed by atoms with van der Waals surface area (Å²) in [6.45, 7) is 0.371. The number of rotatable bonds is 8. The highest BCUT2D eigenvalue weighted by atomic mass is 16.5. The number of ether oxygens (including phenoxy) is 2. The molecule has 1 fully saturated rings. The third-order valence-electron chi connectivity index (χ3n) is 5.24. The summed E-state index contributed by atoms with van der Waals surface area (Å²) in [5.41, 5.74) is 2.46. The monoisotopic (exact) mass is 408 g/mol. The summed E-state index contributed by atoms with van der Waals surface area (Å²) in [7, 11) is 3.16. The van der Waals surface area contributed by atoms with Crippen LogP contribution in [0.15, 0.2) is 48.5 Å². The van der Waals surface area contributed by atoms with Crippen molar-refractivity contribution >= 4 is 23.6 Å². The number of methoxy groups -OCH3 is 2. The molecule has 6 heteroatoms. The Labute approximate surface area is 177 Å². The van der Waals surface area contributed by atoms with Crippen LogP contribution in [0, 0.1) is 5.92 Å². The molecule has 0 radical (unpaired) electrons. The van der Waals surface area contributed by atoms with Crippen LogP contribution in [0.5, 0.6) is 11.5 Å². The van der Waals surface area contributed by atoms with Crippen LogP contribution in [0.25, 0.3) is 6.08 Å². The summed E-state index contributed by atoms with van der Waals surface area (Å²) in [4.78, 5) is 24.5. The highest BCUT2D eigenvalue weighted by molar-refractivity contribution is 5.93. The molecule has 0 bridgehead atoms. The molecule has 1 aliphatic carbocycles. The number of nitrogens with one attached hydrogen (secondary N) is 2.